The summed E-state index contributed by atoms with van der Waals surface area (Å²) in [5.41, 5.74) is -0.231. The van der Waals surface area contributed by atoms with E-state index < -0.39 is 0 Å². The molecule has 1 amide bonds. The standard InChI is InChI=1S/C15H27N5O2/c1-10(14(21)18-15(2,3)4)16-11-7-6-8-20-13(11)17-12(19-20)9-22-5/h10-11,16H,6-9H2,1-5H3,(H,18,21)/t10-,11+/m1/s1. The summed E-state index contributed by atoms with van der Waals surface area (Å²) < 4.78 is 7.01. The highest BCUT2D eigenvalue weighted by atomic mass is 16.5. The van der Waals surface area contributed by atoms with Gasteiger partial charge in [0.05, 0.1) is 12.1 Å². The topological polar surface area (TPSA) is 81.1 Å². The summed E-state index contributed by atoms with van der Waals surface area (Å²) in [5.74, 6) is 1.59. The number of fused-ring (bicyclic) bond motifs is 1. The number of nitrogens with one attached hydrogen (secondary N) is 2. The summed E-state index contributed by atoms with van der Waals surface area (Å²) in [6.07, 6.45) is 1.98. The van der Waals surface area contributed by atoms with Crippen molar-refractivity contribution >= 4 is 5.91 Å². The van der Waals surface area contributed by atoms with Crippen molar-refractivity contribution in [1.29, 1.82) is 0 Å². The molecule has 0 unspecified atom stereocenters. The molecule has 7 nitrogen and oxygen atoms in total. The van der Waals surface area contributed by atoms with Crippen LogP contribution in [0.3, 0.4) is 0 Å². The number of amides is 1. The van der Waals surface area contributed by atoms with E-state index in [-0.39, 0.29) is 23.5 Å². The van der Waals surface area contributed by atoms with Crippen LogP contribution in [0.2, 0.25) is 0 Å². The Labute approximate surface area is 131 Å². The Morgan fingerprint density at radius 3 is 2.86 bits per heavy atom. The van der Waals surface area contributed by atoms with Gasteiger partial charge in [0, 0.05) is 19.2 Å². The van der Waals surface area contributed by atoms with Gasteiger partial charge in [-0.1, -0.05) is 0 Å². The maximum absolute atomic E-state index is 12.2. The van der Waals surface area contributed by atoms with Gasteiger partial charge in [0.15, 0.2) is 5.82 Å². The molecule has 0 saturated heterocycles. The molecule has 0 aromatic carbocycles. The number of methoxy groups -OCH3 is 1. The molecular weight excluding hydrogens is 282 g/mol. The molecule has 0 aliphatic carbocycles. The van der Waals surface area contributed by atoms with Crippen LogP contribution in [0, 0.1) is 0 Å². The number of aryl methyl sites for hydroxylation is 1. The summed E-state index contributed by atoms with van der Waals surface area (Å²) in [5, 5.41) is 10.8. The summed E-state index contributed by atoms with van der Waals surface area (Å²) in [7, 11) is 1.63. The first-order valence-electron chi connectivity index (χ1n) is 7.81. The molecule has 2 rings (SSSR count). The van der Waals surface area contributed by atoms with Gasteiger partial charge in [-0.25, -0.2) is 9.67 Å². The Hall–Kier alpha value is -1.47. The van der Waals surface area contributed by atoms with Crippen LogP contribution >= 0.6 is 0 Å². The van der Waals surface area contributed by atoms with E-state index in [1.165, 1.54) is 0 Å². The lowest BCUT2D eigenvalue weighted by Gasteiger charge is -2.28. The number of aromatic nitrogens is 3. The van der Waals surface area contributed by atoms with Crippen LogP contribution in [-0.2, 0) is 22.7 Å². The van der Waals surface area contributed by atoms with E-state index in [1.54, 1.807) is 7.11 Å². The zero-order chi connectivity index (χ0) is 16.3. The van der Waals surface area contributed by atoms with Crippen LogP contribution < -0.4 is 10.6 Å². The Kier molecular flexibility index (Phi) is 5.18. The van der Waals surface area contributed by atoms with Crippen molar-refractivity contribution in [3.8, 4) is 0 Å². The van der Waals surface area contributed by atoms with Crippen molar-refractivity contribution in [3.63, 3.8) is 0 Å². The monoisotopic (exact) mass is 309 g/mol. The highest BCUT2D eigenvalue weighted by Crippen LogP contribution is 2.23. The quantitative estimate of drug-likeness (QED) is 0.853. The lowest BCUT2D eigenvalue weighted by Crippen LogP contribution is -2.50. The minimum absolute atomic E-state index is 0.00116. The second kappa shape index (κ2) is 6.75. The number of hydrogen-bond acceptors (Lipinski definition) is 5. The van der Waals surface area contributed by atoms with Gasteiger partial charge in [-0.05, 0) is 40.5 Å². The van der Waals surface area contributed by atoms with E-state index >= 15 is 0 Å². The maximum atomic E-state index is 12.2. The molecule has 0 bridgehead atoms. The van der Waals surface area contributed by atoms with Crippen molar-refractivity contribution in [2.75, 3.05) is 7.11 Å². The van der Waals surface area contributed by atoms with Crippen LogP contribution in [0.5, 0.6) is 0 Å². The molecule has 2 atom stereocenters. The average molecular weight is 309 g/mol. The molecule has 1 aromatic heterocycles. The van der Waals surface area contributed by atoms with Crippen molar-refractivity contribution in [1.82, 2.24) is 25.4 Å². The zero-order valence-electron chi connectivity index (χ0n) is 14.1. The second-order valence-electron chi connectivity index (χ2n) is 6.86. The molecule has 7 heteroatoms. The molecular formula is C15H27N5O2. The van der Waals surface area contributed by atoms with Crippen LogP contribution in [-0.4, -0.2) is 39.4 Å². The van der Waals surface area contributed by atoms with Gasteiger partial charge < -0.3 is 10.1 Å². The van der Waals surface area contributed by atoms with Gasteiger partial charge in [-0.3, -0.25) is 10.1 Å². The number of hydrogen-bond donors (Lipinski definition) is 2. The second-order valence-corrected chi connectivity index (χ2v) is 6.86. The van der Waals surface area contributed by atoms with E-state index in [2.05, 4.69) is 20.7 Å². The predicted molar refractivity (Wildman–Crippen MR) is 83.2 cm³/mol. The average Bonchev–Trinajstić information content (AvgIpc) is 2.80. The smallest absolute Gasteiger partial charge is 0.237 e. The first-order valence-corrected chi connectivity index (χ1v) is 7.81. The molecule has 1 aliphatic rings. The van der Waals surface area contributed by atoms with E-state index in [0.717, 1.165) is 25.2 Å². The Morgan fingerprint density at radius 1 is 1.50 bits per heavy atom. The fourth-order valence-corrected chi connectivity index (χ4v) is 2.60. The van der Waals surface area contributed by atoms with Crippen molar-refractivity contribution in [2.45, 2.75) is 71.3 Å². The summed E-state index contributed by atoms with van der Waals surface area (Å²) >= 11 is 0. The minimum Gasteiger partial charge on any atom is -0.377 e. The Bertz CT molecular complexity index is 520. The number of nitrogens with zero attached hydrogens (tertiary/aromatic N) is 3. The van der Waals surface area contributed by atoms with E-state index in [4.69, 9.17) is 4.74 Å². The lowest BCUT2D eigenvalue weighted by molar-refractivity contribution is -0.124. The van der Waals surface area contributed by atoms with E-state index in [0.29, 0.717) is 12.4 Å². The first kappa shape index (κ1) is 16.9. The van der Waals surface area contributed by atoms with Gasteiger partial charge >= 0.3 is 0 Å². The summed E-state index contributed by atoms with van der Waals surface area (Å²) in [6, 6.07) is -0.231. The summed E-state index contributed by atoms with van der Waals surface area (Å²) in [4.78, 5) is 16.8. The number of carbonyl (C=O) groups excluding carboxylic acids is 1. The molecule has 0 radical (unpaired) electrons. The van der Waals surface area contributed by atoms with Crippen molar-refractivity contribution in [2.24, 2.45) is 0 Å². The zero-order valence-corrected chi connectivity index (χ0v) is 14.1. The Morgan fingerprint density at radius 2 is 2.23 bits per heavy atom. The molecule has 2 N–H and O–H groups in total. The van der Waals surface area contributed by atoms with Crippen LogP contribution in [0.15, 0.2) is 0 Å². The third-order valence-corrected chi connectivity index (χ3v) is 3.53. The van der Waals surface area contributed by atoms with Gasteiger partial charge in [0.25, 0.3) is 0 Å². The molecule has 0 spiro atoms. The van der Waals surface area contributed by atoms with Crippen LogP contribution in [0.4, 0.5) is 0 Å². The molecule has 124 valence electrons. The van der Waals surface area contributed by atoms with Crippen molar-refractivity contribution < 1.29 is 9.53 Å². The fourth-order valence-electron chi connectivity index (χ4n) is 2.60. The first-order chi connectivity index (χ1) is 10.3. The third kappa shape index (κ3) is 4.27. The van der Waals surface area contributed by atoms with Gasteiger partial charge in [0.1, 0.15) is 12.4 Å². The molecule has 0 saturated carbocycles. The van der Waals surface area contributed by atoms with Gasteiger partial charge in [-0.15, -0.1) is 0 Å². The fraction of sp³-hybridized carbons (Fsp3) is 0.800. The van der Waals surface area contributed by atoms with E-state index in [9.17, 15) is 4.79 Å². The largest absolute Gasteiger partial charge is 0.377 e. The molecule has 1 aromatic rings. The number of rotatable bonds is 5. The Balaban J connectivity index is 2.04. The highest BCUT2D eigenvalue weighted by Gasteiger charge is 2.28. The maximum Gasteiger partial charge on any atom is 0.237 e. The van der Waals surface area contributed by atoms with Gasteiger partial charge in [-0.2, -0.15) is 5.10 Å². The van der Waals surface area contributed by atoms with E-state index in [1.807, 2.05) is 32.4 Å². The van der Waals surface area contributed by atoms with Gasteiger partial charge in [0.2, 0.25) is 5.91 Å². The summed E-state index contributed by atoms with van der Waals surface area (Å²) in [6.45, 7) is 9.09. The van der Waals surface area contributed by atoms with Crippen molar-refractivity contribution in [3.05, 3.63) is 11.6 Å². The van der Waals surface area contributed by atoms with Crippen LogP contribution in [0.25, 0.3) is 0 Å². The predicted octanol–water partition coefficient (Wildman–Crippen LogP) is 1.15. The normalized spacial score (nSPS) is 19.6. The number of ether oxygens (including phenoxy) is 1. The molecule has 2 heterocycles. The number of carbonyl (C=O) groups is 1. The SMILES string of the molecule is COCc1nc2n(n1)CCC[C@@H]2N[C@H](C)C(=O)NC(C)(C)C. The van der Waals surface area contributed by atoms with Crippen LogP contribution in [0.1, 0.15) is 58.2 Å². The highest BCUT2D eigenvalue weighted by molar-refractivity contribution is 5.81. The molecule has 1 aliphatic heterocycles. The third-order valence-electron chi connectivity index (χ3n) is 3.53. The molecule has 22 heavy (non-hydrogen) atoms. The molecule has 0 fully saturated rings. The minimum atomic E-state index is -0.279. The lowest BCUT2D eigenvalue weighted by atomic mass is 10.1.